The van der Waals surface area contributed by atoms with E-state index in [1.807, 2.05) is 14.1 Å². The first kappa shape index (κ1) is 13.7. The van der Waals surface area contributed by atoms with Crippen molar-refractivity contribution in [3.8, 4) is 0 Å². The summed E-state index contributed by atoms with van der Waals surface area (Å²) in [6.07, 6.45) is 0.402. The maximum absolute atomic E-state index is 11.9. The van der Waals surface area contributed by atoms with Crippen LogP contribution < -0.4 is 10.2 Å². The molecule has 1 amide bonds. The van der Waals surface area contributed by atoms with Crippen molar-refractivity contribution in [2.75, 3.05) is 24.3 Å². The molecule has 1 aromatic rings. The molecule has 1 aliphatic carbocycles. The zero-order chi connectivity index (χ0) is 14.2. The van der Waals surface area contributed by atoms with Gasteiger partial charge in [-0.25, -0.2) is 0 Å². The molecule has 1 saturated carbocycles. The number of benzene rings is 1. The molecule has 0 unspecified atom stereocenters. The molecular formula is C13H15ClN2O3. The van der Waals surface area contributed by atoms with Gasteiger partial charge in [0.2, 0.25) is 5.91 Å². The van der Waals surface area contributed by atoms with E-state index >= 15 is 0 Å². The number of carboxylic acids is 1. The molecule has 1 fully saturated rings. The van der Waals surface area contributed by atoms with Crippen molar-refractivity contribution in [2.24, 2.45) is 11.8 Å². The van der Waals surface area contributed by atoms with Crippen molar-refractivity contribution in [2.45, 2.75) is 6.42 Å². The van der Waals surface area contributed by atoms with E-state index in [0.29, 0.717) is 22.8 Å². The first-order valence-electron chi connectivity index (χ1n) is 5.91. The minimum Gasteiger partial charge on any atom is -0.481 e. The fourth-order valence-electron chi connectivity index (χ4n) is 2.05. The fourth-order valence-corrected chi connectivity index (χ4v) is 2.40. The van der Waals surface area contributed by atoms with Gasteiger partial charge in [-0.05, 0) is 18.6 Å². The Hall–Kier alpha value is -1.75. The Bertz CT molecular complexity index is 531. The van der Waals surface area contributed by atoms with Crippen LogP contribution in [0, 0.1) is 11.8 Å². The molecule has 2 N–H and O–H groups in total. The lowest BCUT2D eigenvalue weighted by atomic mass is 10.2. The molecule has 2 rings (SSSR count). The summed E-state index contributed by atoms with van der Waals surface area (Å²) in [7, 11) is 3.65. The molecule has 0 radical (unpaired) electrons. The highest BCUT2D eigenvalue weighted by Crippen LogP contribution is 2.40. The van der Waals surface area contributed by atoms with Gasteiger partial charge in [0, 0.05) is 14.1 Å². The smallest absolute Gasteiger partial charge is 0.307 e. The summed E-state index contributed by atoms with van der Waals surface area (Å²) in [6.45, 7) is 0. The number of para-hydroxylation sites is 1. The first-order valence-corrected chi connectivity index (χ1v) is 6.29. The maximum atomic E-state index is 11.9. The van der Waals surface area contributed by atoms with Crippen LogP contribution in [0.5, 0.6) is 0 Å². The van der Waals surface area contributed by atoms with Crippen LogP contribution in [-0.2, 0) is 9.59 Å². The second-order valence-electron chi connectivity index (χ2n) is 4.81. The highest BCUT2D eigenvalue weighted by atomic mass is 35.5. The van der Waals surface area contributed by atoms with Gasteiger partial charge >= 0.3 is 5.97 Å². The van der Waals surface area contributed by atoms with E-state index in [1.165, 1.54) is 0 Å². The summed E-state index contributed by atoms with van der Waals surface area (Å²) in [5.41, 5.74) is 1.31. The normalized spacial score (nSPS) is 20.8. The zero-order valence-electron chi connectivity index (χ0n) is 10.7. The van der Waals surface area contributed by atoms with Crippen LogP contribution in [-0.4, -0.2) is 31.1 Å². The standard InChI is InChI=1S/C13H15ClN2O3/c1-16(2)11-9(14)4-3-5-10(11)15-12(17)7-6-8(7)13(18)19/h3-5,7-8H,6H2,1-2H3,(H,15,17)(H,18,19)/t7-,8+/m1/s1. The van der Waals surface area contributed by atoms with Gasteiger partial charge in [0.25, 0.3) is 0 Å². The lowest BCUT2D eigenvalue weighted by Gasteiger charge is -2.19. The average molecular weight is 283 g/mol. The average Bonchev–Trinajstić information content (AvgIpc) is 3.08. The molecule has 2 atom stereocenters. The second kappa shape index (κ2) is 5.09. The van der Waals surface area contributed by atoms with Gasteiger partial charge in [-0.2, -0.15) is 0 Å². The maximum Gasteiger partial charge on any atom is 0.307 e. The van der Waals surface area contributed by atoms with Crippen LogP contribution in [0.15, 0.2) is 18.2 Å². The third-order valence-corrected chi connectivity index (χ3v) is 3.44. The van der Waals surface area contributed by atoms with Crippen molar-refractivity contribution >= 4 is 34.9 Å². The summed E-state index contributed by atoms with van der Waals surface area (Å²) < 4.78 is 0. The van der Waals surface area contributed by atoms with Crippen LogP contribution in [0.3, 0.4) is 0 Å². The van der Waals surface area contributed by atoms with E-state index < -0.39 is 17.8 Å². The van der Waals surface area contributed by atoms with Crippen molar-refractivity contribution < 1.29 is 14.7 Å². The van der Waals surface area contributed by atoms with E-state index in [4.69, 9.17) is 16.7 Å². The number of anilines is 2. The van der Waals surface area contributed by atoms with E-state index in [9.17, 15) is 9.59 Å². The van der Waals surface area contributed by atoms with Gasteiger partial charge in [0.05, 0.1) is 28.2 Å². The van der Waals surface area contributed by atoms with Crippen LogP contribution in [0.25, 0.3) is 0 Å². The van der Waals surface area contributed by atoms with Crippen molar-refractivity contribution in [1.29, 1.82) is 0 Å². The largest absolute Gasteiger partial charge is 0.481 e. The Labute approximate surface area is 116 Å². The summed E-state index contributed by atoms with van der Waals surface area (Å²) in [5, 5.41) is 12.1. The number of nitrogens with one attached hydrogen (secondary N) is 1. The van der Waals surface area contributed by atoms with Gasteiger partial charge < -0.3 is 15.3 Å². The number of aliphatic carboxylic acids is 1. The number of rotatable bonds is 4. The van der Waals surface area contributed by atoms with E-state index in [2.05, 4.69) is 5.32 Å². The lowest BCUT2D eigenvalue weighted by Crippen LogP contribution is -2.19. The Morgan fingerprint density at radius 2 is 2.05 bits per heavy atom. The lowest BCUT2D eigenvalue weighted by molar-refractivity contribution is -0.139. The second-order valence-corrected chi connectivity index (χ2v) is 5.21. The Morgan fingerprint density at radius 1 is 1.37 bits per heavy atom. The van der Waals surface area contributed by atoms with Crippen LogP contribution in [0.2, 0.25) is 5.02 Å². The SMILES string of the molecule is CN(C)c1c(Cl)cccc1NC(=O)[C@@H]1C[C@@H]1C(=O)O. The summed E-state index contributed by atoms with van der Waals surface area (Å²) in [5.74, 6) is -2.18. The number of hydrogen-bond donors (Lipinski definition) is 2. The van der Waals surface area contributed by atoms with Crippen molar-refractivity contribution in [1.82, 2.24) is 0 Å². The molecule has 1 aromatic carbocycles. The van der Waals surface area contributed by atoms with Gasteiger partial charge in [-0.3, -0.25) is 9.59 Å². The predicted octanol–water partition coefficient (Wildman–Crippen LogP) is 2.07. The molecule has 6 heteroatoms. The van der Waals surface area contributed by atoms with E-state index in [1.54, 1.807) is 23.1 Å². The van der Waals surface area contributed by atoms with Crippen molar-refractivity contribution in [3.63, 3.8) is 0 Å². The molecule has 5 nitrogen and oxygen atoms in total. The predicted molar refractivity (Wildman–Crippen MR) is 73.6 cm³/mol. The highest BCUT2D eigenvalue weighted by Gasteiger charge is 2.48. The molecule has 0 spiro atoms. The number of carbonyl (C=O) groups is 2. The van der Waals surface area contributed by atoms with Gasteiger partial charge in [-0.1, -0.05) is 17.7 Å². The van der Waals surface area contributed by atoms with Gasteiger partial charge in [0.1, 0.15) is 0 Å². The number of amides is 1. The highest BCUT2D eigenvalue weighted by molar-refractivity contribution is 6.34. The van der Waals surface area contributed by atoms with Crippen LogP contribution >= 0.6 is 11.6 Å². The van der Waals surface area contributed by atoms with Gasteiger partial charge in [0.15, 0.2) is 0 Å². The number of nitrogens with zero attached hydrogens (tertiary/aromatic N) is 1. The zero-order valence-corrected chi connectivity index (χ0v) is 11.4. The molecule has 0 aromatic heterocycles. The molecule has 102 valence electrons. The molecule has 19 heavy (non-hydrogen) atoms. The minimum atomic E-state index is -0.918. The number of halogens is 1. The van der Waals surface area contributed by atoms with Crippen LogP contribution in [0.1, 0.15) is 6.42 Å². The number of carboxylic acid groups (broad SMARTS) is 1. The monoisotopic (exact) mass is 282 g/mol. The molecule has 1 aliphatic rings. The molecular weight excluding hydrogens is 268 g/mol. The summed E-state index contributed by atoms with van der Waals surface area (Å²) in [4.78, 5) is 24.5. The molecule has 0 heterocycles. The Morgan fingerprint density at radius 3 is 2.58 bits per heavy atom. The third kappa shape index (κ3) is 2.81. The van der Waals surface area contributed by atoms with E-state index in [0.717, 1.165) is 0 Å². The van der Waals surface area contributed by atoms with Crippen molar-refractivity contribution in [3.05, 3.63) is 23.2 Å². The third-order valence-electron chi connectivity index (χ3n) is 3.14. The quantitative estimate of drug-likeness (QED) is 0.887. The summed E-state index contributed by atoms with van der Waals surface area (Å²) >= 11 is 6.10. The first-order chi connectivity index (χ1) is 8.91. The molecule has 0 aliphatic heterocycles. The fraction of sp³-hybridized carbons (Fsp3) is 0.385. The Balaban J connectivity index is 2.14. The molecule has 0 bridgehead atoms. The number of hydrogen-bond acceptors (Lipinski definition) is 3. The van der Waals surface area contributed by atoms with Crippen LogP contribution in [0.4, 0.5) is 11.4 Å². The topological polar surface area (TPSA) is 69.6 Å². The van der Waals surface area contributed by atoms with Gasteiger partial charge in [-0.15, -0.1) is 0 Å². The molecule has 0 saturated heterocycles. The van der Waals surface area contributed by atoms with E-state index in [-0.39, 0.29) is 5.91 Å². The number of carbonyl (C=O) groups excluding carboxylic acids is 1. The summed E-state index contributed by atoms with van der Waals surface area (Å²) in [6, 6.07) is 5.23. The minimum absolute atomic E-state index is 0.266. The Kier molecular flexibility index (Phi) is 3.66.